The van der Waals surface area contributed by atoms with Gasteiger partial charge >= 0.3 is 12.1 Å². The minimum Gasteiger partial charge on any atom is -0.476 e. The van der Waals surface area contributed by atoms with Crippen LogP contribution in [0.25, 0.3) is 5.69 Å². The van der Waals surface area contributed by atoms with Crippen LogP contribution in [0.2, 0.25) is 5.15 Å². The third-order valence-corrected chi connectivity index (χ3v) is 2.49. The lowest BCUT2D eigenvalue weighted by atomic mass is 10.2. The predicted molar refractivity (Wildman–Crippen MR) is 58.3 cm³/mol. The lowest BCUT2D eigenvalue weighted by Crippen LogP contribution is -2.08. The van der Waals surface area contributed by atoms with Crippen molar-refractivity contribution in [2.24, 2.45) is 0 Å². The molecule has 0 aromatic carbocycles. The molecule has 5 nitrogen and oxygen atoms in total. The molecule has 2 aromatic heterocycles. The SMILES string of the molecule is O=C(O)c1ccn(-c2cc(C(F)(F)F)cnc2Cl)n1. The Morgan fingerprint density at radius 2 is 2.11 bits per heavy atom. The Bertz CT molecular complexity index is 639. The van der Waals surface area contributed by atoms with Gasteiger partial charge in [0.2, 0.25) is 0 Å². The summed E-state index contributed by atoms with van der Waals surface area (Å²) in [5, 5.41) is 12.1. The number of rotatable bonds is 2. The maximum absolute atomic E-state index is 12.5. The number of pyridine rings is 1. The first kappa shape index (κ1) is 13.3. The van der Waals surface area contributed by atoms with Crippen LogP contribution in [0.15, 0.2) is 24.5 Å². The Hall–Kier alpha value is -2.09. The molecule has 2 aromatic rings. The molecule has 0 amide bonds. The van der Waals surface area contributed by atoms with Crippen LogP contribution in [0.1, 0.15) is 16.1 Å². The highest BCUT2D eigenvalue weighted by Gasteiger charge is 2.32. The van der Waals surface area contributed by atoms with E-state index in [0.29, 0.717) is 6.20 Å². The van der Waals surface area contributed by atoms with E-state index in [9.17, 15) is 18.0 Å². The summed E-state index contributed by atoms with van der Waals surface area (Å²) in [4.78, 5) is 14.1. The molecule has 0 bridgehead atoms. The van der Waals surface area contributed by atoms with Crippen molar-refractivity contribution in [1.82, 2.24) is 14.8 Å². The first-order chi connectivity index (χ1) is 8.79. The average molecular weight is 292 g/mol. The molecule has 2 rings (SSSR count). The van der Waals surface area contributed by atoms with Crippen LogP contribution in [-0.4, -0.2) is 25.8 Å². The highest BCUT2D eigenvalue weighted by atomic mass is 35.5. The summed E-state index contributed by atoms with van der Waals surface area (Å²) in [6.07, 6.45) is -2.80. The van der Waals surface area contributed by atoms with Gasteiger partial charge in [-0.15, -0.1) is 0 Å². The minimum atomic E-state index is -4.57. The Morgan fingerprint density at radius 1 is 1.42 bits per heavy atom. The van der Waals surface area contributed by atoms with E-state index in [2.05, 4.69) is 10.1 Å². The fourth-order valence-corrected chi connectivity index (χ4v) is 1.51. The van der Waals surface area contributed by atoms with E-state index in [1.165, 1.54) is 6.20 Å². The molecular weight excluding hydrogens is 287 g/mol. The number of aromatic nitrogens is 3. The number of nitrogens with zero attached hydrogens (tertiary/aromatic N) is 3. The van der Waals surface area contributed by atoms with Crippen LogP contribution in [0.3, 0.4) is 0 Å². The fourth-order valence-electron chi connectivity index (χ4n) is 1.32. The van der Waals surface area contributed by atoms with Crippen LogP contribution in [0, 0.1) is 0 Å². The van der Waals surface area contributed by atoms with Gasteiger partial charge in [-0.3, -0.25) is 0 Å². The first-order valence-electron chi connectivity index (χ1n) is 4.81. The van der Waals surface area contributed by atoms with Crippen molar-refractivity contribution in [2.45, 2.75) is 6.18 Å². The Balaban J connectivity index is 2.51. The van der Waals surface area contributed by atoms with Crippen molar-refractivity contribution in [1.29, 1.82) is 0 Å². The quantitative estimate of drug-likeness (QED) is 0.864. The molecule has 100 valence electrons. The third-order valence-electron chi connectivity index (χ3n) is 2.20. The van der Waals surface area contributed by atoms with Gasteiger partial charge in [0.25, 0.3) is 0 Å². The smallest absolute Gasteiger partial charge is 0.417 e. The maximum atomic E-state index is 12.5. The molecule has 2 heterocycles. The number of carboxylic acid groups (broad SMARTS) is 1. The highest BCUT2D eigenvalue weighted by Crippen LogP contribution is 2.31. The normalized spacial score (nSPS) is 11.6. The van der Waals surface area contributed by atoms with E-state index >= 15 is 0 Å². The Morgan fingerprint density at radius 3 is 2.63 bits per heavy atom. The lowest BCUT2D eigenvalue weighted by Gasteiger charge is -2.09. The van der Waals surface area contributed by atoms with E-state index in [-0.39, 0.29) is 16.5 Å². The molecular formula is C10H5ClF3N3O2. The van der Waals surface area contributed by atoms with Gasteiger partial charge in [-0.1, -0.05) is 11.6 Å². The molecule has 0 atom stereocenters. The van der Waals surface area contributed by atoms with Gasteiger partial charge in [-0.05, 0) is 12.1 Å². The molecule has 0 fully saturated rings. The van der Waals surface area contributed by atoms with Gasteiger partial charge < -0.3 is 5.11 Å². The van der Waals surface area contributed by atoms with Crippen LogP contribution in [0.4, 0.5) is 13.2 Å². The van der Waals surface area contributed by atoms with E-state index in [1.54, 1.807) is 0 Å². The fraction of sp³-hybridized carbons (Fsp3) is 0.100. The molecule has 0 aliphatic carbocycles. The topological polar surface area (TPSA) is 68.0 Å². The van der Waals surface area contributed by atoms with Crippen LogP contribution >= 0.6 is 11.6 Å². The number of hydrogen-bond acceptors (Lipinski definition) is 3. The summed E-state index contributed by atoms with van der Waals surface area (Å²) in [5.74, 6) is -1.30. The number of carboxylic acids is 1. The van der Waals surface area contributed by atoms with Crippen molar-refractivity contribution in [3.05, 3.63) is 40.9 Å². The number of alkyl halides is 3. The highest BCUT2D eigenvalue weighted by molar-refractivity contribution is 6.31. The second-order valence-electron chi connectivity index (χ2n) is 3.48. The maximum Gasteiger partial charge on any atom is 0.417 e. The number of carbonyl (C=O) groups is 1. The third kappa shape index (κ3) is 2.68. The van der Waals surface area contributed by atoms with Crippen LogP contribution < -0.4 is 0 Å². The van der Waals surface area contributed by atoms with Gasteiger partial charge in [0.1, 0.15) is 5.69 Å². The van der Waals surface area contributed by atoms with Crippen LogP contribution in [-0.2, 0) is 6.18 Å². The molecule has 0 unspecified atom stereocenters. The summed E-state index contributed by atoms with van der Waals surface area (Å²) < 4.78 is 38.6. The van der Waals surface area contributed by atoms with Gasteiger partial charge in [-0.25, -0.2) is 14.5 Å². The van der Waals surface area contributed by atoms with Crippen molar-refractivity contribution >= 4 is 17.6 Å². The second kappa shape index (κ2) is 4.54. The number of aromatic carboxylic acids is 1. The summed E-state index contributed by atoms with van der Waals surface area (Å²) in [7, 11) is 0. The standard InChI is InChI=1S/C10H5ClF3N3O2/c11-8-7(3-5(4-15-8)10(12,13)14)17-2-1-6(16-17)9(18)19/h1-4H,(H,18,19). The summed E-state index contributed by atoms with van der Waals surface area (Å²) in [5.41, 5.74) is -1.46. The van der Waals surface area contributed by atoms with Gasteiger partial charge in [0.15, 0.2) is 10.8 Å². The van der Waals surface area contributed by atoms with Crippen molar-refractivity contribution in [3.63, 3.8) is 0 Å². The van der Waals surface area contributed by atoms with Gasteiger partial charge in [0.05, 0.1) is 5.56 Å². The molecule has 0 spiro atoms. The molecule has 19 heavy (non-hydrogen) atoms. The van der Waals surface area contributed by atoms with E-state index < -0.39 is 17.7 Å². The molecule has 0 radical (unpaired) electrons. The lowest BCUT2D eigenvalue weighted by molar-refractivity contribution is -0.137. The average Bonchev–Trinajstić information content (AvgIpc) is 2.77. The molecule has 0 aliphatic heterocycles. The first-order valence-corrected chi connectivity index (χ1v) is 5.19. The molecule has 0 saturated carbocycles. The van der Waals surface area contributed by atoms with Crippen molar-refractivity contribution < 1.29 is 23.1 Å². The number of halogens is 4. The van der Waals surface area contributed by atoms with E-state index in [0.717, 1.165) is 16.8 Å². The zero-order valence-corrected chi connectivity index (χ0v) is 9.77. The number of hydrogen-bond donors (Lipinski definition) is 1. The molecule has 0 saturated heterocycles. The monoisotopic (exact) mass is 291 g/mol. The zero-order chi connectivity index (χ0) is 14.2. The summed E-state index contributed by atoms with van der Waals surface area (Å²) >= 11 is 5.68. The van der Waals surface area contributed by atoms with Gasteiger partial charge in [-0.2, -0.15) is 18.3 Å². The molecule has 9 heteroatoms. The minimum absolute atomic E-state index is 0.149. The van der Waals surface area contributed by atoms with E-state index in [1.807, 2.05) is 0 Å². The summed E-state index contributed by atoms with van der Waals surface area (Å²) in [6, 6.07) is 1.88. The largest absolute Gasteiger partial charge is 0.476 e. The molecule has 1 N–H and O–H groups in total. The summed E-state index contributed by atoms with van der Waals surface area (Å²) in [6.45, 7) is 0. The Labute approximate surface area is 109 Å². The van der Waals surface area contributed by atoms with Crippen LogP contribution in [0.5, 0.6) is 0 Å². The second-order valence-corrected chi connectivity index (χ2v) is 3.84. The van der Waals surface area contributed by atoms with Crippen molar-refractivity contribution in [3.8, 4) is 5.69 Å². The predicted octanol–water partition coefficient (Wildman–Crippen LogP) is 2.64. The zero-order valence-electron chi connectivity index (χ0n) is 9.02. The van der Waals surface area contributed by atoms with Crippen molar-refractivity contribution in [2.75, 3.05) is 0 Å². The Kier molecular flexibility index (Phi) is 3.19. The molecule has 0 aliphatic rings. The van der Waals surface area contributed by atoms with E-state index in [4.69, 9.17) is 16.7 Å². The van der Waals surface area contributed by atoms with Gasteiger partial charge in [0, 0.05) is 12.4 Å².